The van der Waals surface area contributed by atoms with Crippen LogP contribution in [0.1, 0.15) is 13.2 Å². The minimum absolute atomic E-state index is 0.129. The van der Waals surface area contributed by atoms with Crippen LogP contribution in [0.4, 0.5) is 5.82 Å². The SMILES string of the molecule is CS[C@]1(C)[C@H](O)[C@@H](CO)O[C@H]1n1ccc(N)nc1=O. The van der Waals surface area contributed by atoms with Gasteiger partial charge in [0.25, 0.3) is 0 Å². The number of hydrogen-bond donors (Lipinski definition) is 3. The molecule has 19 heavy (non-hydrogen) atoms. The Morgan fingerprint density at radius 3 is 2.89 bits per heavy atom. The lowest BCUT2D eigenvalue weighted by molar-refractivity contribution is -0.0468. The highest BCUT2D eigenvalue weighted by Crippen LogP contribution is 2.45. The van der Waals surface area contributed by atoms with Crippen molar-refractivity contribution in [2.75, 3.05) is 18.6 Å². The minimum atomic E-state index is -0.887. The molecule has 0 aliphatic carbocycles. The molecule has 1 saturated heterocycles. The summed E-state index contributed by atoms with van der Waals surface area (Å²) in [7, 11) is 0. The fraction of sp³-hybridized carbons (Fsp3) is 0.636. The average molecular weight is 287 g/mol. The van der Waals surface area contributed by atoms with Crippen LogP contribution < -0.4 is 11.4 Å². The average Bonchev–Trinajstić information content (AvgIpc) is 2.63. The van der Waals surface area contributed by atoms with Gasteiger partial charge in [-0.05, 0) is 19.2 Å². The number of rotatable bonds is 3. The smallest absolute Gasteiger partial charge is 0.351 e. The number of nitrogen functional groups attached to an aromatic ring is 1. The van der Waals surface area contributed by atoms with E-state index in [2.05, 4.69) is 4.98 Å². The zero-order valence-corrected chi connectivity index (χ0v) is 11.5. The Labute approximate surface area is 114 Å². The molecule has 0 bridgehead atoms. The second-order valence-corrected chi connectivity index (χ2v) is 5.87. The zero-order chi connectivity index (χ0) is 14.2. The van der Waals surface area contributed by atoms with Crippen molar-refractivity contribution in [3.05, 3.63) is 22.7 Å². The van der Waals surface area contributed by atoms with Crippen LogP contribution in [0.2, 0.25) is 0 Å². The van der Waals surface area contributed by atoms with E-state index in [4.69, 9.17) is 10.5 Å². The van der Waals surface area contributed by atoms with Crippen LogP contribution in [0.25, 0.3) is 0 Å². The van der Waals surface area contributed by atoms with E-state index < -0.39 is 28.9 Å². The van der Waals surface area contributed by atoms with Crippen molar-refractivity contribution in [2.24, 2.45) is 0 Å². The van der Waals surface area contributed by atoms with Gasteiger partial charge < -0.3 is 20.7 Å². The van der Waals surface area contributed by atoms with E-state index in [9.17, 15) is 15.0 Å². The lowest BCUT2D eigenvalue weighted by Gasteiger charge is -2.31. The molecule has 0 aromatic carbocycles. The lowest BCUT2D eigenvalue weighted by atomic mass is 10.0. The first-order valence-corrected chi connectivity index (χ1v) is 7.00. The molecule has 1 aromatic heterocycles. The summed E-state index contributed by atoms with van der Waals surface area (Å²) in [6, 6.07) is 1.49. The molecular weight excluding hydrogens is 270 g/mol. The van der Waals surface area contributed by atoms with Gasteiger partial charge in [0.2, 0.25) is 0 Å². The minimum Gasteiger partial charge on any atom is -0.394 e. The maximum Gasteiger partial charge on any atom is 0.351 e. The summed E-state index contributed by atoms with van der Waals surface area (Å²) in [5, 5.41) is 19.4. The summed E-state index contributed by atoms with van der Waals surface area (Å²) in [4.78, 5) is 15.5. The van der Waals surface area contributed by atoms with Crippen molar-refractivity contribution >= 4 is 17.6 Å². The van der Waals surface area contributed by atoms with Crippen molar-refractivity contribution in [3.8, 4) is 0 Å². The first-order valence-electron chi connectivity index (χ1n) is 5.78. The van der Waals surface area contributed by atoms with Crippen molar-refractivity contribution in [3.63, 3.8) is 0 Å². The fourth-order valence-electron chi connectivity index (χ4n) is 2.20. The Balaban J connectivity index is 2.45. The second kappa shape index (κ2) is 5.12. The predicted molar refractivity (Wildman–Crippen MR) is 71.8 cm³/mol. The molecule has 0 saturated carbocycles. The van der Waals surface area contributed by atoms with Crippen LogP contribution in [-0.4, -0.2) is 49.6 Å². The van der Waals surface area contributed by atoms with Crippen LogP contribution in [0.3, 0.4) is 0 Å². The van der Waals surface area contributed by atoms with Gasteiger partial charge in [-0.25, -0.2) is 4.79 Å². The van der Waals surface area contributed by atoms with E-state index in [1.807, 2.05) is 6.26 Å². The van der Waals surface area contributed by atoms with Gasteiger partial charge >= 0.3 is 5.69 Å². The maximum atomic E-state index is 11.9. The quantitative estimate of drug-likeness (QED) is 0.667. The predicted octanol–water partition coefficient (Wildman–Crippen LogP) is -0.802. The molecule has 4 N–H and O–H groups in total. The second-order valence-electron chi connectivity index (χ2n) is 4.58. The molecule has 4 atom stereocenters. The number of nitrogens with two attached hydrogens (primary N) is 1. The largest absolute Gasteiger partial charge is 0.394 e. The number of thioether (sulfide) groups is 1. The zero-order valence-electron chi connectivity index (χ0n) is 10.7. The molecule has 7 nitrogen and oxygen atoms in total. The summed E-state index contributed by atoms with van der Waals surface area (Å²) in [5.74, 6) is 0.129. The molecule has 2 heterocycles. The van der Waals surface area contributed by atoms with E-state index in [0.717, 1.165) is 0 Å². The van der Waals surface area contributed by atoms with Crippen molar-refractivity contribution in [1.82, 2.24) is 9.55 Å². The Hall–Kier alpha value is -1.09. The molecule has 0 unspecified atom stereocenters. The molecule has 106 valence electrons. The van der Waals surface area contributed by atoms with E-state index in [0.29, 0.717) is 0 Å². The van der Waals surface area contributed by atoms with Gasteiger partial charge in [0.15, 0.2) is 6.23 Å². The number of nitrogens with zero attached hydrogens (tertiary/aromatic N) is 2. The molecule has 0 spiro atoms. The molecule has 1 aromatic rings. The lowest BCUT2D eigenvalue weighted by Crippen LogP contribution is -2.43. The maximum absolute atomic E-state index is 11.9. The molecular formula is C11H17N3O4S. The third-order valence-corrected chi connectivity index (χ3v) is 4.78. The van der Waals surface area contributed by atoms with E-state index in [1.165, 1.54) is 28.6 Å². The Morgan fingerprint density at radius 1 is 1.68 bits per heavy atom. The van der Waals surface area contributed by atoms with Gasteiger partial charge in [0.1, 0.15) is 18.0 Å². The van der Waals surface area contributed by atoms with Crippen LogP contribution in [0.5, 0.6) is 0 Å². The van der Waals surface area contributed by atoms with Gasteiger partial charge in [-0.15, -0.1) is 0 Å². The normalized spacial score (nSPS) is 34.6. The van der Waals surface area contributed by atoms with Crippen molar-refractivity contribution in [2.45, 2.75) is 30.1 Å². The summed E-state index contributed by atoms with van der Waals surface area (Å²) in [6.45, 7) is 1.47. The monoisotopic (exact) mass is 287 g/mol. The third-order valence-electron chi connectivity index (χ3n) is 3.46. The van der Waals surface area contributed by atoms with Gasteiger partial charge in [0, 0.05) is 6.20 Å². The number of aromatic nitrogens is 2. The Morgan fingerprint density at radius 2 is 2.37 bits per heavy atom. The fourth-order valence-corrected chi connectivity index (χ4v) is 2.96. The highest BCUT2D eigenvalue weighted by atomic mass is 32.2. The summed E-state index contributed by atoms with van der Waals surface area (Å²) >= 11 is 1.37. The van der Waals surface area contributed by atoms with Crippen LogP contribution in [0.15, 0.2) is 17.1 Å². The first kappa shape index (κ1) is 14.3. The molecule has 0 radical (unpaired) electrons. The highest BCUT2D eigenvalue weighted by molar-refractivity contribution is 8.00. The number of ether oxygens (including phenoxy) is 1. The number of hydrogen-bond acceptors (Lipinski definition) is 7. The highest BCUT2D eigenvalue weighted by Gasteiger charge is 2.53. The van der Waals surface area contributed by atoms with Gasteiger partial charge in [0.05, 0.1) is 11.4 Å². The van der Waals surface area contributed by atoms with E-state index >= 15 is 0 Å². The topological polar surface area (TPSA) is 111 Å². The molecule has 2 rings (SSSR count). The summed E-state index contributed by atoms with van der Waals surface area (Å²) in [5.41, 5.74) is 4.90. The Bertz CT molecular complexity index is 523. The van der Waals surface area contributed by atoms with Crippen LogP contribution in [0, 0.1) is 0 Å². The summed E-state index contributed by atoms with van der Waals surface area (Å²) < 4.78 is 6.13. The van der Waals surface area contributed by atoms with Gasteiger partial charge in [-0.1, -0.05) is 0 Å². The first-order chi connectivity index (χ1) is 8.93. The number of aliphatic hydroxyl groups is 2. The number of aliphatic hydroxyl groups excluding tert-OH is 2. The summed E-state index contributed by atoms with van der Waals surface area (Å²) in [6.07, 6.45) is 0.967. The Kier molecular flexibility index (Phi) is 3.86. The van der Waals surface area contributed by atoms with E-state index in [1.54, 1.807) is 6.92 Å². The standard InChI is InChI=1S/C11H17N3O4S/c1-11(19-2)8(16)6(5-15)18-9(11)14-4-3-7(12)13-10(14)17/h3-4,6,8-9,15-16H,5H2,1-2H3,(H2,12,13,17)/t6-,8-,9-,11-/m1/s1. The molecule has 1 aliphatic rings. The van der Waals surface area contributed by atoms with Gasteiger partial charge in [-0.2, -0.15) is 16.7 Å². The number of anilines is 1. The molecule has 0 amide bonds. The van der Waals surface area contributed by atoms with E-state index in [-0.39, 0.29) is 12.4 Å². The molecule has 1 aliphatic heterocycles. The van der Waals surface area contributed by atoms with Crippen molar-refractivity contribution < 1.29 is 14.9 Å². The third kappa shape index (κ3) is 2.25. The van der Waals surface area contributed by atoms with Gasteiger partial charge in [-0.3, -0.25) is 4.57 Å². The van der Waals surface area contributed by atoms with Crippen LogP contribution >= 0.6 is 11.8 Å². The van der Waals surface area contributed by atoms with Crippen molar-refractivity contribution in [1.29, 1.82) is 0 Å². The molecule has 1 fully saturated rings. The molecule has 8 heteroatoms. The van der Waals surface area contributed by atoms with Crippen LogP contribution in [-0.2, 0) is 4.74 Å².